The van der Waals surface area contributed by atoms with Gasteiger partial charge in [-0.15, -0.1) is 0 Å². The van der Waals surface area contributed by atoms with Gasteiger partial charge in [0, 0.05) is 38.3 Å². The lowest BCUT2D eigenvalue weighted by Gasteiger charge is -2.33. The summed E-state index contributed by atoms with van der Waals surface area (Å²) in [6.07, 6.45) is 0. The number of halogens is 1. The largest absolute Gasteiger partial charge is 0.497 e. The van der Waals surface area contributed by atoms with E-state index in [4.69, 9.17) is 25.5 Å². The highest BCUT2D eigenvalue weighted by Gasteiger charge is 2.29. The van der Waals surface area contributed by atoms with Gasteiger partial charge in [-0.1, -0.05) is 11.6 Å². The van der Waals surface area contributed by atoms with Crippen LogP contribution >= 0.6 is 11.6 Å². The van der Waals surface area contributed by atoms with Gasteiger partial charge in [0.15, 0.2) is 0 Å². The van der Waals surface area contributed by atoms with Crippen LogP contribution in [-0.2, 0) is 16.6 Å². The number of sulfonamides is 1. The topological polar surface area (TPSA) is 85.1 Å². The van der Waals surface area contributed by atoms with Crippen molar-refractivity contribution in [3.05, 3.63) is 58.9 Å². The fourth-order valence-corrected chi connectivity index (χ4v) is 5.50. The molecule has 1 fully saturated rings. The normalized spacial score (nSPS) is 15.5. The highest BCUT2D eigenvalue weighted by molar-refractivity contribution is 7.89. The van der Waals surface area contributed by atoms with Gasteiger partial charge >= 0.3 is 0 Å². The molecule has 33 heavy (non-hydrogen) atoms. The number of aryl methyl sites for hydroxylation is 1. The molecule has 0 aliphatic carbocycles. The van der Waals surface area contributed by atoms with Crippen molar-refractivity contribution in [2.24, 2.45) is 0 Å². The maximum absolute atomic E-state index is 13.0. The first-order valence-electron chi connectivity index (χ1n) is 10.5. The Kier molecular flexibility index (Phi) is 6.94. The fraction of sp³-hybridized carbons (Fsp3) is 0.348. The van der Waals surface area contributed by atoms with E-state index in [9.17, 15) is 8.42 Å². The van der Waals surface area contributed by atoms with Crippen molar-refractivity contribution in [3.8, 4) is 23.0 Å². The van der Waals surface area contributed by atoms with E-state index >= 15 is 0 Å². The molecule has 1 aliphatic heterocycles. The quantitative estimate of drug-likeness (QED) is 0.496. The summed E-state index contributed by atoms with van der Waals surface area (Å²) in [7, 11) is -0.514. The third kappa shape index (κ3) is 5.01. The number of hydrogen-bond donors (Lipinski definition) is 0. The molecule has 0 bridgehead atoms. The first-order chi connectivity index (χ1) is 15.8. The lowest BCUT2D eigenvalue weighted by atomic mass is 10.2. The summed E-state index contributed by atoms with van der Waals surface area (Å²) < 4.78 is 43.7. The van der Waals surface area contributed by atoms with E-state index in [0.29, 0.717) is 44.4 Å². The molecule has 0 saturated carbocycles. The molecule has 176 valence electrons. The monoisotopic (exact) mass is 491 g/mol. The van der Waals surface area contributed by atoms with Crippen molar-refractivity contribution in [2.45, 2.75) is 18.4 Å². The Balaban J connectivity index is 1.40. The lowest BCUT2D eigenvalue weighted by Crippen LogP contribution is -2.48. The van der Waals surface area contributed by atoms with Crippen LogP contribution in [-0.4, -0.2) is 63.0 Å². The number of oxazole rings is 1. The van der Waals surface area contributed by atoms with Crippen molar-refractivity contribution in [1.82, 2.24) is 14.2 Å². The molecular formula is C23H26ClN3O5S. The minimum Gasteiger partial charge on any atom is -0.497 e. The molecule has 1 aliphatic rings. The highest BCUT2D eigenvalue weighted by Crippen LogP contribution is 2.29. The average Bonchev–Trinajstić information content (AvgIpc) is 3.19. The number of rotatable bonds is 7. The lowest BCUT2D eigenvalue weighted by molar-refractivity contribution is 0.179. The zero-order valence-corrected chi connectivity index (χ0v) is 20.3. The van der Waals surface area contributed by atoms with E-state index in [1.54, 1.807) is 13.2 Å². The van der Waals surface area contributed by atoms with Crippen LogP contribution in [0.4, 0.5) is 0 Å². The average molecular weight is 492 g/mol. The van der Waals surface area contributed by atoms with Crippen molar-refractivity contribution < 1.29 is 22.3 Å². The van der Waals surface area contributed by atoms with E-state index in [2.05, 4.69) is 9.88 Å². The molecule has 0 amide bonds. The zero-order chi connectivity index (χ0) is 23.6. The second kappa shape index (κ2) is 9.72. The van der Waals surface area contributed by atoms with Crippen LogP contribution in [0.5, 0.6) is 11.5 Å². The summed E-state index contributed by atoms with van der Waals surface area (Å²) in [6, 6.07) is 12.1. The Labute approximate surface area is 198 Å². The summed E-state index contributed by atoms with van der Waals surface area (Å²) in [5.41, 5.74) is 1.72. The number of aromatic nitrogens is 1. The third-order valence-electron chi connectivity index (χ3n) is 5.70. The van der Waals surface area contributed by atoms with Crippen molar-refractivity contribution in [1.29, 1.82) is 0 Å². The van der Waals surface area contributed by atoms with E-state index in [1.165, 1.54) is 23.5 Å². The molecule has 0 unspecified atom stereocenters. The second-order valence-corrected chi connectivity index (χ2v) is 10.1. The smallest absolute Gasteiger partial charge is 0.243 e. The van der Waals surface area contributed by atoms with E-state index in [1.807, 2.05) is 31.2 Å². The Bertz CT molecular complexity index is 1220. The predicted octanol–water partition coefficient (Wildman–Crippen LogP) is 3.83. The molecule has 0 atom stereocenters. The Morgan fingerprint density at radius 1 is 1.03 bits per heavy atom. The van der Waals surface area contributed by atoms with Gasteiger partial charge in [-0.2, -0.15) is 4.31 Å². The van der Waals surface area contributed by atoms with Gasteiger partial charge in [0.25, 0.3) is 0 Å². The van der Waals surface area contributed by atoms with Crippen molar-refractivity contribution >= 4 is 21.6 Å². The molecule has 0 spiro atoms. The summed E-state index contributed by atoms with van der Waals surface area (Å²) in [6.45, 7) is 4.43. The maximum atomic E-state index is 13.0. The van der Waals surface area contributed by atoms with E-state index < -0.39 is 10.0 Å². The van der Waals surface area contributed by atoms with Gasteiger partial charge in [-0.3, -0.25) is 4.90 Å². The number of benzene rings is 2. The van der Waals surface area contributed by atoms with Crippen LogP contribution in [0.15, 0.2) is 51.8 Å². The number of nitrogens with zero attached hydrogens (tertiary/aromatic N) is 3. The van der Waals surface area contributed by atoms with Crippen LogP contribution in [0.25, 0.3) is 11.5 Å². The Hall–Kier alpha value is -2.59. The summed E-state index contributed by atoms with van der Waals surface area (Å²) in [4.78, 5) is 7.00. The van der Waals surface area contributed by atoms with E-state index in [-0.39, 0.29) is 9.92 Å². The molecule has 2 aromatic carbocycles. The molecule has 3 aromatic rings. The molecule has 10 heteroatoms. The number of methoxy groups -OCH3 is 2. The van der Waals surface area contributed by atoms with Crippen LogP contribution in [0.1, 0.15) is 11.5 Å². The van der Waals surface area contributed by atoms with Gasteiger partial charge in [0.1, 0.15) is 17.3 Å². The molecule has 8 nitrogen and oxygen atoms in total. The highest BCUT2D eigenvalue weighted by atomic mass is 35.5. The maximum Gasteiger partial charge on any atom is 0.243 e. The number of piperazine rings is 1. The van der Waals surface area contributed by atoms with Crippen LogP contribution in [0.2, 0.25) is 5.02 Å². The minimum absolute atomic E-state index is 0.165. The third-order valence-corrected chi connectivity index (χ3v) is 7.89. The summed E-state index contributed by atoms with van der Waals surface area (Å²) in [5.74, 6) is 2.52. The second-order valence-electron chi connectivity index (χ2n) is 7.73. The molecule has 0 N–H and O–H groups in total. The standard InChI is InChI=1S/C23H26ClN3O5S/c1-16-21(25-23(32-16)17-4-6-18(30-2)7-5-17)15-26-10-12-27(13-11-26)33(28,29)19-8-9-22(31-3)20(24)14-19/h4-9,14H,10-13,15H2,1-3H3. The van der Waals surface area contributed by atoms with Crippen molar-refractivity contribution in [3.63, 3.8) is 0 Å². The molecule has 1 saturated heterocycles. The molecule has 2 heterocycles. The number of ether oxygens (including phenoxy) is 2. The Morgan fingerprint density at radius 3 is 2.33 bits per heavy atom. The fourth-order valence-electron chi connectivity index (χ4n) is 3.73. The van der Waals surface area contributed by atoms with Gasteiger partial charge in [-0.25, -0.2) is 13.4 Å². The SMILES string of the molecule is COc1ccc(-c2nc(CN3CCN(S(=O)(=O)c4ccc(OC)c(Cl)c4)CC3)c(C)o2)cc1. The first kappa shape index (κ1) is 23.6. The van der Waals surface area contributed by atoms with Crippen LogP contribution in [0.3, 0.4) is 0 Å². The van der Waals surface area contributed by atoms with Crippen molar-refractivity contribution in [2.75, 3.05) is 40.4 Å². The predicted molar refractivity (Wildman–Crippen MR) is 125 cm³/mol. The molecule has 1 aromatic heterocycles. The zero-order valence-electron chi connectivity index (χ0n) is 18.7. The molecule has 0 radical (unpaired) electrons. The minimum atomic E-state index is -3.63. The molecular weight excluding hydrogens is 466 g/mol. The number of hydrogen-bond acceptors (Lipinski definition) is 7. The summed E-state index contributed by atoms with van der Waals surface area (Å²) in [5, 5.41) is 0.270. The Morgan fingerprint density at radius 2 is 1.73 bits per heavy atom. The van der Waals surface area contributed by atoms with Gasteiger partial charge < -0.3 is 13.9 Å². The van der Waals surface area contributed by atoms with Crippen LogP contribution < -0.4 is 9.47 Å². The van der Waals surface area contributed by atoms with Gasteiger partial charge in [-0.05, 0) is 49.4 Å². The molecule has 4 rings (SSSR count). The van der Waals surface area contributed by atoms with E-state index in [0.717, 1.165) is 22.8 Å². The first-order valence-corrected chi connectivity index (χ1v) is 12.3. The van der Waals surface area contributed by atoms with Crippen LogP contribution in [0, 0.1) is 6.92 Å². The van der Waals surface area contributed by atoms with Gasteiger partial charge in [0.05, 0.1) is 29.8 Å². The van der Waals surface area contributed by atoms with Gasteiger partial charge in [0.2, 0.25) is 15.9 Å². The summed E-state index contributed by atoms with van der Waals surface area (Å²) >= 11 is 6.13.